The van der Waals surface area contributed by atoms with Crippen molar-refractivity contribution >= 4 is 17.6 Å². The largest absolute Gasteiger partial charge is 0.465 e. The zero-order valence-electron chi connectivity index (χ0n) is 21.5. The molecule has 0 saturated heterocycles. The molecule has 5 aromatic rings. The predicted octanol–water partition coefficient (Wildman–Crippen LogP) is 5.64. The van der Waals surface area contributed by atoms with E-state index in [4.69, 9.17) is 15.9 Å². The summed E-state index contributed by atoms with van der Waals surface area (Å²) in [4.78, 5) is 20.7. The van der Waals surface area contributed by atoms with E-state index in [1.165, 1.54) is 7.11 Å². The third kappa shape index (κ3) is 5.60. The maximum absolute atomic E-state index is 11.9. The summed E-state index contributed by atoms with van der Waals surface area (Å²) in [6, 6.07) is 20.1. The van der Waals surface area contributed by atoms with Crippen LogP contribution >= 0.6 is 0 Å². The van der Waals surface area contributed by atoms with Gasteiger partial charge in [-0.3, -0.25) is 0 Å². The number of hydrogen-bond acceptors (Lipinski definition) is 8. The summed E-state index contributed by atoms with van der Waals surface area (Å²) in [5.41, 5.74) is 6.12. The molecule has 0 aliphatic rings. The van der Waals surface area contributed by atoms with Crippen molar-refractivity contribution in [2.75, 3.05) is 12.4 Å². The number of rotatable bonds is 7. The van der Waals surface area contributed by atoms with E-state index < -0.39 is 5.97 Å². The summed E-state index contributed by atoms with van der Waals surface area (Å²) in [5.74, 6) is 3.68. The number of anilines is 2. The normalized spacial score (nSPS) is 10.5. The van der Waals surface area contributed by atoms with E-state index in [1.54, 1.807) is 35.1 Å². The van der Waals surface area contributed by atoms with Crippen LogP contribution in [0.1, 0.15) is 27.0 Å². The molecule has 0 unspecified atom stereocenters. The number of benzene rings is 3. The SMILES string of the molecule is C#Cc1ccc(Nc2nccc(Oc3c(C)cc(-c4cn(-c5cccc(C(=O)OC)c5)nn4)cc3C)n2)cc1. The van der Waals surface area contributed by atoms with Crippen LogP contribution in [0, 0.1) is 26.2 Å². The Morgan fingerprint density at radius 1 is 1.03 bits per heavy atom. The Labute approximate surface area is 225 Å². The quantitative estimate of drug-likeness (QED) is 0.219. The molecule has 0 atom stereocenters. The molecule has 9 heteroatoms. The molecule has 0 aliphatic heterocycles. The number of carbonyl (C=O) groups is 1. The molecule has 2 aromatic heterocycles. The first-order valence-corrected chi connectivity index (χ1v) is 12.0. The Balaban J connectivity index is 1.35. The van der Waals surface area contributed by atoms with Gasteiger partial charge in [-0.15, -0.1) is 11.5 Å². The lowest BCUT2D eigenvalue weighted by Crippen LogP contribution is -2.03. The minimum absolute atomic E-state index is 0.403. The lowest BCUT2D eigenvalue weighted by atomic mass is 10.0. The molecule has 0 radical (unpaired) electrons. The molecule has 0 bridgehead atoms. The maximum atomic E-state index is 11.9. The van der Waals surface area contributed by atoms with Crippen LogP contribution in [0.25, 0.3) is 16.9 Å². The molecule has 0 aliphatic carbocycles. The molecule has 0 amide bonds. The van der Waals surface area contributed by atoms with Gasteiger partial charge < -0.3 is 14.8 Å². The highest BCUT2D eigenvalue weighted by atomic mass is 16.5. The minimum Gasteiger partial charge on any atom is -0.465 e. The van der Waals surface area contributed by atoms with Crippen LogP contribution in [0.2, 0.25) is 0 Å². The predicted molar refractivity (Wildman–Crippen MR) is 147 cm³/mol. The minimum atomic E-state index is -0.413. The molecule has 1 N–H and O–H groups in total. The topological polar surface area (TPSA) is 104 Å². The van der Waals surface area contributed by atoms with Crippen LogP contribution in [0.5, 0.6) is 11.6 Å². The Morgan fingerprint density at radius 3 is 2.51 bits per heavy atom. The van der Waals surface area contributed by atoms with Gasteiger partial charge in [-0.2, -0.15) is 4.98 Å². The first kappa shape index (κ1) is 25.2. The second kappa shape index (κ2) is 10.9. The van der Waals surface area contributed by atoms with Crippen LogP contribution in [0.3, 0.4) is 0 Å². The summed E-state index contributed by atoms with van der Waals surface area (Å²) in [7, 11) is 1.35. The second-order valence-corrected chi connectivity index (χ2v) is 8.70. The zero-order valence-corrected chi connectivity index (χ0v) is 21.5. The molecule has 2 heterocycles. The number of aromatic nitrogens is 5. The van der Waals surface area contributed by atoms with Gasteiger partial charge in [0, 0.05) is 29.1 Å². The number of hydrogen-bond donors (Lipinski definition) is 1. The Morgan fingerprint density at radius 2 is 1.79 bits per heavy atom. The molecule has 3 aromatic carbocycles. The summed E-state index contributed by atoms with van der Waals surface area (Å²) >= 11 is 0. The number of nitrogens with zero attached hydrogens (tertiary/aromatic N) is 5. The van der Waals surface area contributed by atoms with Crippen molar-refractivity contribution in [2.24, 2.45) is 0 Å². The van der Waals surface area contributed by atoms with Gasteiger partial charge in [0.2, 0.25) is 11.8 Å². The number of carbonyl (C=O) groups excluding carboxylic acids is 1. The van der Waals surface area contributed by atoms with Gasteiger partial charge in [-0.05, 0) is 79.6 Å². The summed E-state index contributed by atoms with van der Waals surface area (Å²) in [6.45, 7) is 3.92. The number of esters is 1. The Bertz CT molecular complexity index is 1680. The molecule has 0 spiro atoms. The van der Waals surface area contributed by atoms with Crippen molar-refractivity contribution in [1.29, 1.82) is 0 Å². The fourth-order valence-electron chi connectivity index (χ4n) is 4.02. The molecule has 0 saturated carbocycles. The first-order valence-electron chi connectivity index (χ1n) is 12.0. The lowest BCUT2D eigenvalue weighted by molar-refractivity contribution is 0.0600. The van der Waals surface area contributed by atoms with Crippen molar-refractivity contribution in [3.05, 3.63) is 101 Å². The van der Waals surface area contributed by atoms with Gasteiger partial charge in [0.15, 0.2) is 0 Å². The van der Waals surface area contributed by atoms with Crippen LogP contribution in [0.4, 0.5) is 11.6 Å². The first-order chi connectivity index (χ1) is 18.9. The molecule has 9 nitrogen and oxygen atoms in total. The molecular weight excluding hydrogens is 492 g/mol. The van der Waals surface area contributed by atoms with Crippen LogP contribution in [-0.4, -0.2) is 38.0 Å². The van der Waals surface area contributed by atoms with Gasteiger partial charge >= 0.3 is 5.97 Å². The molecule has 5 rings (SSSR count). The third-order valence-corrected chi connectivity index (χ3v) is 5.93. The third-order valence-electron chi connectivity index (χ3n) is 5.93. The van der Waals surface area contributed by atoms with E-state index in [2.05, 4.69) is 31.5 Å². The molecule has 192 valence electrons. The van der Waals surface area contributed by atoms with Crippen molar-refractivity contribution in [3.8, 4) is 40.9 Å². The van der Waals surface area contributed by atoms with Crippen molar-refractivity contribution in [1.82, 2.24) is 25.0 Å². The van der Waals surface area contributed by atoms with Crippen molar-refractivity contribution < 1.29 is 14.3 Å². The monoisotopic (exact) mass is 516 g/mol. The smallest absolute Gasteiger partial charge is 0.337 e. The zero-order chi connectivity index (χ0) is 27.4. The average molecular weight is 517 g/mol. The standard InChI is InChI=1S/C30H24N6O3/c1-5-21-9-11-24(12-10-21)32-30-31-14-13-27(33-30)39-28-19(2)15-23(16-20(28)3)26-18-36(35-34-26)25-8-6-7-22(17-25)29(37)38-4/h1,6-18H,2-4H3,(H,31,32,33). The molecular formula is C30H24N6O3. The number of nitrogens with one attached hydrogen (secondary N) is 1. The number of aryl methyl sites for hydroxylation is 2. The average Bonchev–Trinajstić information content (AvgIpc) is 3.46. The summed E-state index contributed by atoms with van der Waals surface area (Å²) in [5, 5.41) is 11.7. The van der Waals surface area contributed by atoms with Gasteiger partial charge in [0.1, 0.15) is 11.4 Å². The van der Waals surface area contributed by atoms with Crippen LogP contribution in [-0.2, 0) is 4.74 Å². The van der Waals surface area contributed by atoms with Crippen LogP contribution in [0.15, 0.2) is 79.1 Å². The highest BCUT2D eigenvalue weighted by Gasteiger charge is 2.14. The number of terminal acetylenes is 1. The van der Waals surface area contributed by atoms with E-state index in [1.807, 2.05) is 62.5 Å². The molecule has 39 heavy (non-hydrogen) atoms. The van der Waals surface area contributed by atoms with Gasteiger partial charge in [-0.1, -0.05) is 17.2 Å². The maximum Gasteiger partial charge on any atom is 0.337 e. The van der Waals surface area contributed by atoms with Crippen LogP contribution < -0.4 is 10.1 Å². The molecule has 0 fully saturated rings. The Kier molecular flexibility index (Phi) is 7.01. The second-order valence-electron chi connectivity index (χ2n) is 8.70. The van der Waals surface area contributed by atoms with Crippen molar-refractivity contribution in [2.45, 2.75) is 13.8 Å². The fraction of sp³-hybridized carbons (Fsp3) is 0.100. The van der Waals surface area contributed by atoms with E-state index >= 15 is 0 Å². The number of methoxy groups -OCH3 is 1. The highest BCUT2D eigenvalue weighted by molar-refractivity contribution is 5.89. The van der Waals surface area contributed by atoms with E-state index in [-0.39, 0.29) is 0 Å². The van der Waals surface area contributed by atoms with Gasteiger partial charge in [-0.25, -0.2) is 14.5 Å². The van der Waals surface area contributed by atoms with Crippen molar-refractivity contribution in [3.63, 3.8) is 0 Å². The van der Waals surface area contributed by atoms with E-state index in [0.29, 0.717) is 34.5 Å². The van der Waals surface area contributed by atoms with E-state index in [9.17, 15) is 4.79 Å². The van der Waals surface area contributed by atoms with E-state index in [0.717, 1.165) is 27.9 Å². The summed E-state index contributed by atoms with van der Waals surface area (Å²) < 4.78 is 12.6. The summed E-state index contributed by atoms with van der Waals surface area (Å²) in [6.07, 6.45) is 8.86. The van der Waals surface area contributed by atoms with Gasteiger partial charge in [0.05, 0.1) is 24.6 Å². The number of ether oxygens (including phenoxy) is 2. The Hall–Kier alpha value is -5.49. The fourth-order valence-corrected chi connectivity index (χ4v) is 4.02. The highest BCUT2D eigenvalue weighted by Crippen LogP contribution is 2.32. The lowest BCUT2D eigenvalue weighted by Gasteiger charge is -2.13. The van der Waals surface area contributed by atoms with Gasteiger partial charge in [0.25, 0.3) is 0 Å².